The number of methoxy groups -OCH3 is 2. The number of likely N-dealkylation sites (tertiary alicyclic amines) is 2. The van der Waals surface area contributed by atoms with Crippen molar-refractivity contribution in [2.24, 2.45) is 23.7 Å². The predicted molar refractivity (Wildman–Crippen MR) is 217 cm³/mol. The molecule has 2 saturated heterocycles. The lowest BCUT2D eigenvalue weighted by molar-refractivity contribution is -0.136. The van der Waals surface area contributed by atoms with Gasteiger partial charge in [0.2, 0.25) is 11.8 Å². The van der Waals surface area contributed by atoms with E-state index in [1.807, 2.05) is 49.8 Å². The Kier molecular flexibility index (Phi) is 11.1. The SMILES string of the molecule is COC(=O)NC(C(=O)N1C[C@@H](C)C[C@H]1c1nc2cc(-c3cc4sc(-c5c[nH]c([C@@H]6C[C@H](C)CN6C(=O)[C@@H](NC(=O)OC)C(C)C)n5)cc4s3)ccc2[nH]1)C(C)C. The molecule has 2 fully saturated rings. The van der Waals surface area contributed by atoms with E-state index in [2.05, 4.69) is 58.7 Å². The van der Waals surface area contributed by atoms with Crippen LogP contribution in [0, 0.1) is 23.7 Å². The smallest absolute Gasteiger partial charge is 0.407 e. The van der Waals surface area contributed by atoms with E-state index in [1.165, 1.54) is 14.2 Å². The molecule has 5 aromatic rings. The number of fused-ring (bicyclic) bond motifs is 2. The van der Waals surface area contributed by atoms with Crippen molar-refractivity contribution in [3.63, 3.8) is 0 Å². The minimum atomic E-state index is -0.701. The van der Waals surface area contributed by atoms with Crippen molar-refractivity contribution in [3.05, 3.63) is 48.2 Å². The molecule has 0 aliphatic carbocycles. The van der Waals surface area contributed by atoms with Crippen LogP contribution in [0.15, 0.2) is 36.5 Å². The number of imidazole rings is 2. The predicted octanol–water partition coefficient (Wildman–Crippen LogP) is 7.48. The number of carbonyl (C=O) groups excluding carboxylic acids is 4. The van der Waals surface area contributed by atoms with Crippen LogP contribution < -0.4 is 10.6 Å². The molecule has 14 nitrogen and oxygen atoms in total. The fourth-order valence-corrected chi connectivity index (χ4v) is 10.3. The molecule has 0 spiro atoms. The molecule has 1 aromatic carbocycles. The highest BCUT2D eigenvalue weighted by Crippen LogP contribution is 2.43. The van der Waals surface area contributed by atoms with Gasteiger partial charge in [-0.3, -0.25) is 9.59 Å². The maximum atomic E-state index is 13.8. The molecule has 7 rings (SSSR count). The quantitative estimate of drug-likeness (QED) is 0.112. The Labute approximate surface area is 333 Å². The molecule has 6 atom stereocenters. The van der Waals surface area contributed by atoms with Gasteiger partial charge in [0, 0.05) is 33.6 Å². The second-order valence-corrected chi connectivity index (χ2v) is 18.1. The average molecular weight is 803 g/mol. The summed E-state index contributed by atoms with van der Waals surface area (Å²) < 4.78 is 11.9. The van der Waals surface area contributed by atoms with Gasteiger partial charge in [-0.15, -0.1) is 22.7 Å². The number of nitrogens with one attached hydrogen (secondary N) is 4. The average Bonchev–Trinajstić information content (AvgIpc) is 4.01. The van der Waals surface area contributed by atoms with Crippen molar-refractivity contribution in [3.8, 4) is 21.0 Å². The molecule has 2 aliphatic heterocycles. The molecule has 1 unspecified atom stereocenters. The highest BCUT2D eigenvalue weighted by Gasteiger charge is 2.41. The summed E-state index contributed by atoms with van der Waals surface area (Å²) in [6.07, 6.45) is 2.20. The molecule has 4 aromatic heterocycles. The summed E-state index contributed by atoms with van der Waals surface area (Å²) >= 11 is 3.39. The van der Waals surface area contributed by atoms with Gasteiger partial charge in [-0.25, -0.2) is 19.6 Å². The number of hydrogen-bond donors (Lipinski definition) is 4. The zero-order chi connectivity index (χ0) is 40.0. The fourth-order valence-electron chi connectivity index (χ4n) is 7.93. The van der Waals surface area contributed by atoms with Crippen LogP contribution in [0.25, 0.3) is 41.4 Å². The van der Waals surface area contributed by atoms with Crippen LogP contribution >= 0.6 is 22.7 Å². The van der Waals surface area contributed by atoms with Crippen molar-refractivity contribution in [1.82, 2.24) is 40.4 Å². The minimum absolute atomic E-state index is 0.112. The van der Waals surface area contributed by atoms with Crippen LogP contribution in [-0.4, -0.2) is 93.1 Å². The first-order chi connectivity index (χ1) is 26.7. The Morgan fingerprint density at radius 3 is 1.86 bits per heavy atom. The molecular weight excluding hydrogens is 753 g/mol. The maximum Gasteiger partial charge on any atom is 0.407 e. The number of thiophene rings is 2. The lowest BCUT2D eigenvalue weighted by atomic mass is 10.0. The Morgan fingerprint density at radius 2 is 1.30 bits per heavy atom. The molecule has 4 N–H and O–H groups in total. The van der Waals surface area contributed by atoms with Gasteiger partial charge < -0.3 is 39.9 Å². The maximum absolute atomic E-state index is 13.8. The third-order valence-corrected chi connectivity index (χ3v) is 13.2. The van der Waals surface area contributed by atoms with Crippen LogP contribution in [0.1, 0.15) is 78.1 Å². The summed E-state index contributed by atoms with van der Waals surface area (Å²) in [7, 11) is 2.59. The zero-order valence-electron chi connectivity index (χ0n) is 33.0. The summed E-state index contributed by atoms with van der Waals surface area (Å²) in [6, 6.07) is 8.74. The summed E-state index contributed by atoms with van der Waals surface area (Å²) in [6.45, 7) is 13.1. The van der Waals surface area contributed by atoms with E-state index in [-0.39, 0.29) is 47.6 Å². The summed E-state index contributed by atoms with van der Waals surface area (Å²) in [5.41, 5.74) is 3.61. The van der Waals surface area contributed by atoms with Crippen LogP contribution in [-0.2, 0) is 19.1 Å². The number of alkyl carbamates (subject to hydrolysis) is 2. The molecule has 4 amide bonds. The number of amides is 4. The van der Waals surface area contributed by atoms with Crippen LogP contribution in [0.2, 0.25) is 0 Å². The van der Waals surface area contributed by atoms with Gasteiger partial charge in [-0.1, -0.05) is 47.6 Å². The third kappa shape index (κ3) is 7.73. The Morgan fingerprint density at radius 1 is 0.768 bits per heavy atom. The Bertz CT molecular complexity index is 2220. The number of aromatic amines is 2. The first kappa shape index (κ1) is 39.3. The number of carbonyl (C=O) groups is 4. The van der Waals surface area contributed by atoms with E-state index in [4.69, 9.17) is 19.4 Å². The second-order valence-electron chi connectivity index (χ2n) is 15.9. The topological polar surface area (TPSA) is 175 Å². The number of rotatable bonds is 10. The van der Waals surface area contributed by atoms with Crippen LogP contribution in [0.5, 0.6) is 0 Å². The van der Waals surface area contributed by atoms with E-state index in [0.29, 0.717) is 13.1 Å². The largest absolute Gasteiger partial charge is 0.453 e. The Hall–Kier alpha value is -4.96. The molecule has 0 radical (unpaired) electrons. The van der Waals surface area contributed by atoms with Gasteiger partial charge in [0.1, 0.15) is 23.7 Å². The van der Waals surface area contributed by atoms with Gasteiger partial charge in [-0.2, -0.15) is 0 Å². The summed E-state index contributed by atoms with van der Waals surface area (Å²) in [5.74, 6) is 1.53. The first-order valence-corrected chi connectivity index (χ1v) is 20.8. The van der Waals surface area contributed by atoms with Crippen molar-refractivity contribution in [2.45, 2.75) is 78.6 Å². The van der Waals surface area contributed by atoms with Gasteiger partial charge in [0.25, 0.3) is 0 Å². The molecule has 0 bridgehead atoms. The lowest BCUT2D eigenvalue weighted by Crippen LogP contribution is -2.51. The van der Waals surface area contributed by atoms with Crippen molar-refractivity contribution in [1.29, 1.82) is 0 Å². The van der Waals surface area contributed by atoms with E-state index >= 15 is 0 Å². The number of benzene rings is 1. The van der Waals surface area contributed by atoms with E-state index in [9.17, 15) is 19.2 Å². The van der Waals surface area contributed by atoms with Crippen LogP contribution in [0.3, 0.4) is 0 Å². The molecule has 0 saturated carbocycles. The van der Waals surface area contributed by atoms with Gasteiger partial charge >= 0.3 is 12.2 Å². The normalized spacial score (nSPS) is 21.0. The number of nitrogens with zero attached hydrogens (tertiary/aromatic N) is 4. The first-order valence-electron chi connectivity index (χ1n) is 19.1. The number of hydrogen-bond acceptors (Lipinski definition) is 10. The monoisotopic (exact) mass is 802 g/mol. The van der Waals surface area contributed by atoms with Crippen molar-refractivity contribution < 1.29 is 28.7 Å². The van der Waals surface area contributed by atoms with E-state index < -0.39 is 24.3 Å². The molecule has 6 heterocycles. The molecule has 56 heavy (non-hydrogen) atoms. The molecular formula is C40H50N8O6S2. The molecule has 2 aliphatic rings. The van der Waals surface area contributed by atoms with E-state index in [1.54, 1.807) is 22.7 Å². The van der Waals surface area contributed by atoms with Gasteiger partial charge in [0.15, 0.2) is 0 Å². The zero-order valence-corrected chi connectivity index (χ0v) is 34.6. The minimum Gasteiger partial charge on any atom is -0.453 e. The fraction of sp³-hybridized carbons (Fsp3) is 0.500. The number of ether oxygens (including phenoxy) is 2. The summed E-state index contributed by atoms with van der Waals surface area (Å²) in [4.78, 5) is 74.2. The standard InChI is InChI=1S/C40H50N8O6S2/c1-19(2)33(45-39(51)53-7)37(49)47-17-21(5)11-27(47)35-41-16-26(44-35)30-15-32-31(56-30)14-29(55-32)23-9-10-24-25(13-23)43-36(42-24)28-12-22(6)18-48(28)38(50)34(20(3)4)46-40(52)54-8/h9-10,13-16,19-22,27-28,33-34H,11-12,17-18H2,1-8H3,(H,41,44)(H,42,43)(H,45,51)(H,46,52)/t21-,22-,27-,28-,33-,34?/m0/s1. The van der Waals surface area contributed by atoms with Gasteiger partial charge in [-0.05, 0) is 66.3 Å². The summed E-state index contributed by atoms with van der Waals surface area (Å²) in [5, 5.41) is 5.44. The molecule has 16 heteroatoms. The lowest BCUT2D eigenvalue weighted by Gasteiger charge is -2.30. The molecule has 298 valence electrons. The van der Waals surface area contributed by atoms with Crippen LogP contribution in [0.4, 0.5) is 9.59 Å². The highest BCUT2D eigenvalue weighted by atomic mass is 32.1. The van der Waals surface area contributed by atoms with Crippen molar-refractivity contribution in [2.75, 3.05) is 27.3 Å². The third-order valence-electron chi connectivity index (χ3n) is 10.8. The van der Waals surface area contributed by atoms with Gasteiger partial charge in [0.05, 0.1) is 47.9 Å². The number of H-pyrrole nitrogens is 2. The van der Waals surface area contributed by atoms with E-state index in [0.717, 1.165) is 65.9 Å². The number of aromatic nitrogens is 4. The highest BCUT2D eigenvalue weighted by molar-refractivity contribution is 7.31. The second kappa shape index (κ2) is 15.9. The van der Waals surface area contributed by atoms with Crippen molar-refractivity contribution >= 4 is 67.1 Å². The Balaban J connectivity index is 1.08.